The fourth-order valence-corrected chi connectivity index (χ4v) is 1.85. The molecule has 0 aromatic carbocycles. The van der Waals surface area contributed by atoms with Gasteiger partial charge in [-0.25, -0.2) is 4.98 Å². The van der Waals surface area contributed by atoms with E-state index in [0.717, 1.165) is 0 Å². The van der Waals surface area contributed by atoms with Gasteiger partial charge in [0.25, 0.3) is 5.91 Å². The van der Waals surface area contributed by atoms with E-state index in [4.69, 9.17) is 0 Å². The lowest BCUT2D eigenvalue weighted by Gasteiger charge is -2.14. The highest BCUT2D eigenvalue weighted by molar-refractivity contribution is 5.92. The van der Waals surface area contributed by atoms with Crippen molar-refractivity contribution in [3.05, 3.63) is 18.2 Å². The van der Waals surface area contributed by atoms with Crippen LogP contribution in [0.15, 0.2) is 12.5 Å². The topological polar surface area (TPSA) is 75.3 Å². The maximum Gasteiger partial charge on any atom is 0.310 e. The molecule has 0 spiro atoms. The lowest BCUT2D eigenvalue weighted by Crippen LogP contribution is -2.30. The molecule has 16 heavy (non-hydrogen) atoms. The van der Waals surface area contributed by atoms with Crippen LogP contribution in [0, 0.1) is 5.92 Å². The predicted octanol–water partition coefficient (Wildman–Crippen LogP) is 0.0448. The molecule has 6 nitrogen and oxygen atoms in total. The van der Waals surface area contributed by atoms with E-state index in [1.807, 2.05) is 0 Å². The van der Waals surface area contributed by atoms with E-state index in [0.29, 0.717) is 25.2 Å². The van der Waals surface area contributed by atoms with Crippen molar-refractivity contribution < 1.29 is 14.3 Å². The Kier molecular flexibility index (Phi) is 2.89. The monoisotopic (exact) mass is 223 g/mol. The van der Waals surface area contributed by atoms with Crippen LogP contribution >= 0.6 is 0 Å². The molecule has 0 radical (unpaired) electrons. The predicted molar refractivity (Wildman–Crippen MR) is 54.6 cm³/mol. The molecule has 1 saturated heterocycles. The van der Waals surface area contributed by atoms with Crippen LogP contribution in [0.25, 0.3) is 0 Å². The number of nitrogens with zero attached hydrogens (tertiary/aromatic N) is 2. The summed E-state index contributed by atoms with van der Waals surface area (Å²) in [6, 6.07) is 0. The van der Waals surface area contributed by atoms with Crippen LogP contribution in [-0.2, 0) is 9.53 Å². The Balaban J connectivity index is 1.99. The summed E-state index contributed by atoms with van der Waals surface area (Å²) in [5.41, 5.74) is 0.450. The number of esters is 1. The van der Waals surface area contributed by atoms with Gasteiger partial charge in [-0.1, -0.05) is 0 Å². The molecule has 0 aliphatic carbocycles. The summed E-state index contributed by atoms with van der Waals surface area (Å²) in [5, 5.41) is 0. The van der Waals surface area contributed by atoms with E-state index in [-0.39, 0.29) is 17.8 Å². The van der Waals surface area contributed by atoms with Crippen LogP contribution in [0.1, 0.15) is 16.9 Å². The smallest absolute Gasteiger partial charge is 0.310 e. The van der Waals surface area contributed by atoms with Crippen LogP contribution in [0.2, 0.25) is 0 Å². The first-order chi connectivity index (χ1) is 7.72. The molecule has 2 heterocycles. The zero-order valence-corrected chi connectivity index (χ0v) is 8.97. The summed E-state index contributed by atoms with van der Waals surface area (Å²) in [5.74, 6) is -0.569. The third-order valence-electron chi connectivity index (χ3n) is 2.74. The number of hydrogen-bond acceptors (Lipinski definition) is 4. The average molecular weight is 223 g/mol. The Labute approximate surface area is 92.6 Å². The first-order valence-corrected chi connectivity index (χ1v) is 5.08. The minimum absolute atomic E-state index is 0.121. The number of methoxy groups -OCH3 is 1. The molecule has 2 rings (SSSR count). The maximum atomic E-state index is 11.9. The SMILES string of the molecule is COC(=O)C1CCN(C(=O)c2cnc[nH]2)C1. The summed E-state index contributed by atoms with van der Waals surface area (Å²) in [7, 11) is 1.36. The van der Waals surface area contributed by atoms with Crippen molar-refractivity contribution in [1.82, 2.24) is 14.9 Å². The van der Waals surface area contributed by atoms with Gasteiger partial charge in [0.05, 0.1) is 25.6 Å². The van der Waals surface area contributed by atoms with Gasteiger partial charge >= 0.3 is 5.97 Å². The number of H-pyrrole nitrogens is 1. The van der Waals surface area contributed by atoms with Crippen molar-refractivity contribution in [2.24, 2.45) is 5.92 Å². The van der Waals surface area contributed by atoms with Crippen LogP contribution in [0.5, 0.6) is 0 Å². The van der Waals surface area contributed by atoms with Gasteiger partial charge in [-0.2, -0.15) is 0 Å². The second-order valence-corrected chi connectivity index (χ2v) is 3.73. The van der Waals surface area contributed by atoms with Crippen LogP contribution in [0.3, 0.4) is 0 Å². The molecule has 1 aliphatic rings. The van der Waals surface area contributed by atoms with E-state index >= 15 is 0 Å². The number of aromatic nitrogens is 2. The number of aromatic amines is 1. The lowest BCUT2D eigenvalue weighted by atomic mass is 10.1. The quantitative estimate of drug-likeness (QED) is 0.718. The molecule has 1 amide bonds. The van der Waals surface area contributed by atoms with Crippen molar-refractivity contribution in [1.29, 1.82) is 0 Å². The lowest BCUT2D eigenvalue weighted by molar-refractivity contribution is -0.144. The molecule has 1 N–H and O–H groups in total. The Bertz CT molecular complexity index is 388. The minimum Gasteiger partial charge on any atom is -0.469 e. The van der Waals surface area contributed by atoms with Gasteiger partial charge in [-0.3, -0.25) is 9.59 Å². The van der Waals surface area contributed by atoms with Gasteiger partial charge in [0.1, 0.15) is 5.69 Å². The van der Waals surface area contributed by atoms with E-state index in [9.17, 15) is 9.59 Å². The summed E-state index contributed by atoms with van der Waals surface area (Å²) in [4.78, 5) is 31.3. The molecule has 1 aliphatic heterocycles. The highest BCUT2D eigenvalue weighted by Gasteiger charge is 2.32. The summed E-state index contributed by atoms with van der Waals surface area (Å²) in [6.07, 6.45) is 3.60. The van der Waals surface area contributed by atoms with Gasteiger partial charge in [0.15, 0.2) is 0 Å². The Morgan fingerprint density at radius 2 is 2.44 bits per heavy atom. The number of imidazole rings is 1. The highest BCUT2D eigenvalue weighted by Crippen LogP contribution is 2.18. The summed E-state index contributed by atoms with van der Waals surface area (Å²) >= 11 is 0. The highest BCUT2D eigenvalue weighted by atomic mass is 16.5. The molecule has 1 aromatic heterocycles. The molecule has 6 heteroatoms. The number of amides is 1. The van der Waals surface area contributed by atoms with Gasteiger partial charge in [0.2, 0.25) is 0 Å². The number of carbonyl (C=O) groups excluding carboxylic acids is 2. The Morgan fingerprint density at radius 3 is 3.06 bits per heavy atom. The maximum absolute atomic E-state index is 11.9. The largest absolute Gasteiger partial charge is 0.469 e. The fraction of sp³-hybridized carbons (Fsp3) is 0.500. The first-order valence-electron chi connectivity index (χ1n) is 5.08. The normalized spacial score (nSPS) is 19.8. The molecule has 86 valence electrons. The number of ether oxygens (including phenoxy) is 1. The Hall–Kier alpha value is -1.85. The number of carbonyl (C=O) groups is 2. The third-order valence-corrected chi connectivity index (χ3v) is 2.74. The van der Waals surface area contributed by atoms with Gasteiger partial charge in [0, 0.05) is 13.1 Å². The molecule has 1 fully saturated rings. The van der Waals surface area contributed by atoms with E-state index in [1.54, 1.807) is 4.90 Å². The second kappa shape index (κ2) is 4.34. The van der Waals surface area contributed by atoms with E-state index < -0.39 is 0 Å². The first kappa shape index (κ1) is 10.7. The molecule has 1 unspecified atom stereocenters. The number of likely N-dealkylation sites (tertiary alicyclic amines) is 1. The van der Waals surface area contributed by atoms with Crippen LogP contribution < -0.4 is 0 Å². The van der Waals surface area contributed by atoms with E-state index in [2.05, 4.69) is 14.7 Å². The van der Waals surface area contributed by atoms with Gasteiger partial charge in [-0.05, 0) is 6.42 Å². The number of nitrogens with one attached hydrogen (secondary N) is 1. The molecule has 1 aromatic rings. The zero-order chi connectivity index (χ0) is 11.5. The average Bonchev–Trinajstić information content (AvgIpc) is 2.97. The van der Waals surface area contributed by atoms with Crippen LogP contribution in [-0.4, -0.2) is 46.9 Å². The van der Waals surface area contributed by atoms with Crippen molar-refractivity contribution in [2.75, 3.05) is 20.2 Å². The number of rotatable bonds is 2. The molecule has 0 bridgehead atoms. The van der Waals surface area contributed by atoms with Gasteiger partial charge < -0.3 is 14.6 Å². The van der Waals surface area contributed by atoms with Crippen LogP contribution in [0.4, 0.5) is 0 Å². The summed E-state index contributed by atoms with van der Waals surface area (Å²) < 4.78 is 4.66. The molecule has 1 atom stereocenters. The van der Waals surface area contributed by atoms with E-state index in [1.165, 1.54) is 19.6 Å². The Morgan fingerprint density at radius 1 is 1.62 bits per heavy atom. The number of hydrogen-bond donors (Lipinski definition) is 1. The van der Waals surface area contributed by atoms with Gasteiger partial charge in [-0.15, -0.1) is 0 Å². The molecular formula is C10H13N3O3. The molecule has 0 saturated carbocycles. The minimum atomic E-state index is -0.250. The second-order valence-electron chi connectivity index (χ2n) is 3.73. The van der Waals surface area contributed by atoms with Crippen molar-refractivity contribution in [2.45, 2.75) is 6.42 Å². The van der Waals surface area contributed by atoms with Crippen molar-refractivity contribution >= 4 is 11.9 Å². The third kappa shape index (κ3) is 1.91. The zero-order valence-electron chi connectivity index (χ0n) is 8.97. The molecular weight excluding hydrogens is 210 g/mol. The summed E-state index contributed by atoms with van der Waals surface area (Å²) in [6.45, 7) is 1.00. The standard InChI is InChI=1S/C10H13N3O3/c1-16-10(15)7-2-3-13(5-7)9(14)8-4-11-6-12-8/h4,6-7H,2-3,5H2,1H3,(H,11,12). The van der Waals surface area contributed by atoms with Crippen molar-refractivity contribution in [3.8, 4) is 0 Å². The van der Waals surface area contributed by atoms with Crippen molar-refractivity contribution in [3.63, 3.8) is 0 Å². The fourth-order valence-electron chi connectivity index (χ4n) is 1.85.